The first-order valence-corrected chi connectivity index (χ1v) is 5.46. The van der Waals surface area contributed by atoms with Gasteiger partial charge >= 0.3 is 5.97 Å². The first kappa shape index (κ1) is 13.2. The minimum Gasteiger partial charge on any atom is -0.465 e. The van der Waals surface area contributed by atoms with Crippen LogP contribution in [0.2, 0.25) is 0 Å². The molecule has 0 aliphatic rings. The maximum absolute atomic E-state index is 11.4. The molecule has 1 N–H and O–H groups in total. The van der Waals surface area contributed by atoms with Crippen molar-refractivity contribution in [3.8, 4) is 6.07 Å². The lowest BCUT2D eigenvalue weighted by molar-refractivity contribution is -0.145. The molecule has 0 fully saturated rings. The molecule has 1 aromatic rings. The first-order chi connectivity index (χ1) is 8.21. The summed E-state index contributed by atoms with van der Waals surface area (Å²) in [7, 11) is 0. The molecule has 0 radical (unpaired) electrons. The molecule has 4 heteroatoms. The highest BCUT2D eigenvalue weighted by atomic mass is 16.5. The molecular formula is C13H15NO3. The van der Waals surface area contributed by atoms with Crippen molar-refractivity contribution < 1.29 is 14.6 Å². The van der Waals surface area contributed by atoms with Gasteiger partial charge in [-0.1, -0.05) is 24.3 Å². The van der Waals surface area contributed by atoms with E-state index < -0.39 is 11.9 Å². The van der Waals surface area contributed by atoms with Crippen molar-refractivity contribution in [3.05, 3.63) is 35.4 Å². The predicted molar refractivity (Wildman–Crippen MR) is 61.8 cm³/mol. The van der Waals surface area contributed by atoms with E-state index in [1.54, 1.807) is 31.2 Å². The highest BCUT2D eigenvalue weighted by Crippen LogP contribution is 2.11. The number of aliphatic hydroxyl groups is 1. The van der Waals surface area contributed by atoms with E-state index in [0.29, 0.717) is 6.42 Å². The highest BCUT2D eigenvalue weighted by Gasteiger charge is 2.19. The molecule has 0 saturated carbocycles. The molecule has 0 aromatic heterocycles. The maximum atomic E-state index is 11.4. The number of nitriles is 1. The van der Waals surface area contributed by atoms with Gasteiger partial charge in [-0.25, -0.2) is 0 Å². The number of ether oxygens (including phenoxy) is 1. The molecule has 0 heterocycles. The fraction of sp³-hybridized carbons (Fsp3) is 0.385. The van der Waals surface area contributed by atoms with Gasteiger partial charge in [0.15, 0.2) is 0 Å². The Morgan fingerprint density at radius 3 is 2.47 bits per heavy atom. The van der Waals surface area contributed by atoms with Gasteiger partial charge < -0.3 is 9.84 Å². The number of carbonyl (C=O) groups is 1. The highest BCUT2D eigenvalue weighted by molar-refractivity contribution is 5.75. The predicted octanol–water partition coefficient (Wildman–Crippen LogP) is 1.42. The number of nitrogens with zero attached hydrogens (tertiary/aromatic N) is 1. The van der Waals surface area contributed by atoms with Gasteiger partial charge in [0.2, 0.25) is 0 Å². The van der Waals surface area contributed by atoms with Crippen molar-refractivity contribution in [2.75, 3.05) is 6.61 Å². The standard InChI is InChI=1S/C13H15NO3/c1-2-17-13(16)12(8-14)7-10-3-5-11(9-15)6-4-10/h3-6,12,15H,2,7,9H2,1H3/t12-/m0/s1. The van der Waals surface area contributed by atoms with Crippen LogP contribution in [-0.2, 0) is 22.6 Å². The summed E-state index contributed by atoms with van der Waals surface area (Å²) in [5.41, 5.74) is 1.68. The van der Waals surface area contributed by atoms with Gasteiger partial charge in [0.25, 0.3) is 0 Å². The molecule has 0 amide bonds. The van der Waals surface area contributed by atoms with Crippen molar-refractivity contribution >= 4 is 5.97 Å². The fourth-order valence-corrected chi connectivity index (χ4v) is 1.44. The Labute approximate surface area is 100 Å². The van der Waals surface area contributed by atoms with Crippen LogP contribution in [0.3, 0.4) is 0 Å². The molecule has 90 valence electrons. The second-order valence-electron chi connectivity index (χ2n) is 3.61. The SMILES string of the molecule is CCOC(=O)[C@H](C#N)Cc1ccc(CO)cc1. The van der Waals surface area contributed by atoms with Crippen LogP contribution in [0.1, 0.15) is 18.1 Å². The fourth-order valence-electron chi connectivity index (χ4n) is 1.44. The van der Waals surface area contributed by atoms with Crippen molar-refractivity contribution in [3.63, 3.8) is 0 Å². The molecule has 0 spiro atoms. The van der Waals surface area contributed by atoms with Crippen LogP contribution >= 0.6 is 0 Å². The number of rotatable bonds is 5. The minimum absolute atomic E-state index is 0.0141. The Kier molecular flexibility index (Phi) is 5.18. The van der Waals surface area contributed by atoms with Crippen LogP contribution in [-0.4, -0.2) is 17.7 Å². The van der Waals surface area contributed by atoms with Gasteiger partial charge in [-0.2, -0.15) is 5.26 Å². The van der Waals surface area contributed by atoms with Crippen LogP contribution in [0.4, 0.5) is 0 Å². The summed E-state index contributed by atoms with van der Waals surface area (Å²) in [6.07, 6.45) is 0.334. The van der Waals surface area contributed by atoms with E-state index in [-0.39, 0.29) is 13.2 Å². The normalized spacial score (nSPS) is 11.6. The lowest BCUT2D eigenvalue weighted by Gasteiger charge is -2.08. The lowest BCUT2D eigenvalue weighted by Crippen LogP contribution is -2.18. The van der Waals surface area contributed by atoms with Crippen molar-refractivity contribution in [2.45, 2.75) is 20.0 Å². The van der Waals surface area contributed by atoms with E-state index in [0.717, 1.165) is 11.1 Å². The lowest BCUT2D eigenvalue weighted by atomic mass is 10.00. The Bertz CT molecular complexity index is 406. The zero-order valence-corrected chi connectivity index (χ0v) is 9.72. The smallest absolute Gasteiger partial charge is 0.323 e. The summed E-state index contributed by atoms with van der Waals surface area (Å²) in [4.78, 5) is 11.4. The Balaban J connectivity index is 2.67. The van der Waals surface area contributed by atoms with Crippen LogP contribution in [0.5, 0.6) is 0 Å². The van der Waals surface area contributed by atoms with Crippen molar-refractivity contribution in [2.24, 2.45) is 5.92 Å². The minimum atomic E-state index is -0.769. The molecule has 0 bridgehead atoms. The molecule has 0 aliphatic heterocycles. The van der Waals surface area contributed by atoms with Crippen LogP contribution < -0.4 is 0 Å². The Hall–Kier alpha value is -1.86. The van der Waals surface area contributed by atoms with Gasteiger partial charge in [0, 0.05) is 0 Å². The molecule has 0 saturated heterocycles. The third-order valence-electron chi connectivity index (χ3n) is 2.37. The molecule has 0 unspecified atom stereocenters. The van der Waals surface area contributed by atoms with Crippen molar-refractivity contribution in [1.29, 1.82) is 5.26 Å². The number of aliphatic hydroxyl groups excluding tert-OH is 1. The van der Waals surface area contributed by atoms with Crippen LogP contribution in [0.15, 0.2) is 24.3 Å². The number of carbonyl (C=O) groups excluding carboxylic acids is 1. The second-order valence-corrected chi connectivity index (χ2v) is 3.61. The summed E-state index contributed by atoms with van der Waals surface area (Å²) in [6, 6.07) is 9.09. The number of hydrogen-bond donors (Lipinski definition) is 1. The maximum Gasteiger partial charge on any atom is 0.323 e. The van der Waals surface area contributed by atoms with Crippen LogP contribution in [0, 0.1) is 17.2 Å². The topological polar surface area (TPSA) is 70.3 Å². The third-order valence-corrected chi connectivity index (χ3v) is 2.37. The van der Waals surface area contributed by atoms with E-state index in [1.165, 1.54) is 0 Å². The van der Waals surface area contributed by atoms with Crippen LogP contribution in [0.25, 0.3) is 0 Å². The van der Waals surface area contributed by atoms with E-state index in [2.05, 4.69) is 0 Å². The average molecular weight is 233 g/mol. The number of esters is 1. The first-order valence-electron chi connectivity index (χ1n) is 5.46. The second kappa shape index (κ2) is 6.66. The van der Waals surface area contributed by atoms with E-state index >= 15 is 0 Å². The summed E-state index contributed by atoms with van der Waals surface area (Å²) >= 11 is 0. The van der Waals surface area contributed by atoms with Gasteiger partial charge in [-0.3, -0.25) is 4.79 Å². The average Bonchev–Trinajstić information content (AvgIpc) is 2.37. The number of hydrogen-bond acceptors (Lipinski definition) is 4. The molecule has 1 atom stereocenters. The quantitative estimate of drug-likeness (QED) is 0.781. The zero-order chi connectivity index (χ0) is 12.7. The van der Waals surface area contributed by atoms with E-state index in [9.17, 15) is 4.79 Å². The monoisotopic (exact) mass is 233 g/mol. The summed E-state index contributed by atoms with van der Waals surface area (Å²) in [6.45, 7) is 1.97. The van der Waals surface area contributed by atoms with Gasteiger partial charge in [0.1, 0.15) is 5.92 Å². The number of benzene rings is 1. The van der Waals surface area contributed by atoms with Gasteiger partial charge in [0.05, 0.1) is 19.3 Å². The molecular weight excluding hydrogens is 218 g/mol. The van der Waals surface area contributed by atoms with E-state index in [4.69, 9.17) is 15.1 Å². The molecule has 0 aliphatic carbocycles. The summed E-state index contributed by atoms with van der Waals surface area (Å²) < 4.78 is 4.81. The summed E-state index contributed by atoms with van der Waals surface area (Å²) in [5, 5.41) is 17.8. The Morgan fingerprint density at radius 1 is 1.41 bits per heavy atom. The van der Waals surface area contributed by atoms with E-state index in [1.807, 2.05) is 6.07 Å². The van der Waals surface area contributed by atoms with Gasteiger partial charge in [-0.05, 0) is 24.5 Å². The molecule has 1 aromatic carbocycles. The molecule has 1 rings (SSSR count). The Morgan fingerprint density at radius 2 is 2.00 bits per heavy atom. The largest absolute Gasteiger partial charge is 0.465 e. The third kappa shape index (κ3) is 3.89. The van der Waals surface area contributed by atoms with Crippen molar-refractivity contribution in [1.82, 2.24) is 0 Å². The molecule has 4 nitrogen and oxygen atoms in total. The summed E-state index contributed by atoms with van der Waals surface area (Å²) in [5.74, 6) is -1.25. The molecule has 17 heavy (non-hydrogen) atoms. The van der Waals surface area contributed by atoms with Gasteiger partial charge in [-0.15, -0.1) is 0 Å². The zero-order valence-electron chi connectivity index (χ0n) is 9.72.